The molecule has 3 aromatic rings. The fourth-order valence-corrected chi connectivity index (χ4v) is 2.80. The van der Waals surface area contributed by atoms with Gasteiger partial charge in [-0.05, 0) is 42.7 Å². The van der Waals surface area contributed by atoms with Gasteiger partial charge in [0.05, 0.1) is 11.0 Å². The van der Waals surface area contributed by atoms with Crippen molar-refractivity contribution in [1.82, 2.24) is 9.55 Å². The molecule has 5 heteroatoms. The first kappa shape index (κ1) is 16.9. The molecule has 2 aromatic carbocycles. The topological polar surface area (TPSA) is 64.0 Å². The third-order valence-corrected chi connectivity index (χ3v) is 4.15. The lowest BCUT2D eigenvalue weighted by Crippen LogP contribution is -2.30. The maximum atomic E-state index is 12.5. The van der Waals surface area contributed by atoms with E-state index in [1.807, 2.05) is 42.5 Å². The zero-order valence-electron chi connectivity index (χ0n) is 14.6. The molecule has 0 unspecified atom stereocenters. The molecule has 0 radical (unpaired) electrons. The Morgan fingerprint density at radius 1 is 1.16 bits per heavy atom. The first-order valence-electron chi connectivity index (χ1n) is 8.31. The van der Waals surface area contributed by atoms with E-state index in [-0.39, 0.29) is 18.0 Å². The largest absolute Gasteiger partial charge is 0.325 e. The number of carbonyl (C=O) groups excluding carboxylic acids is 1. The molecule has 25 heavy (non-hydrogen) atoms. The number of para-hydroxylation sites is 2. The van der Waals surface area contributed by atoms with E-state index in [9.17, 15) is 9.59 Å². The van der Waals surface area contributed by atoms with Gasteiger partial charge in [0.2, 0.25) is 5.91 Å². The Morgan fingerprint density at radius 2 is 1.92 bits per heavy atom. The van der Waals surface area contributed by atoms with E-state index < -0.39 is 0 Å². The summed E-state index contributed by atoms with van der Waals surface area (Å²) in [5.74, 6) is 0.144. The molecule has 1 heterocycles. The van der Waals surface area contributed by atoms with Crippen LogP contribution in [0.15, 0.2) is 53.3 Å². The molecule has 0 aliphatic carbocycles. The van der Waals surface area contributed by atoms with Gasteiger partial charge >= 0.3 is 0 Å². The second-order valence-electron chi connectivity index (χ2n) is 6.41. The van der Waals surface area contributed by atoms with Gasteiger partial charge in [-0.3, -0.25) is 14.2 Å². The van der Waals surface area contributed by atoms with Crippen LogP contribution >= 0.6 is 0 Å². The fraction of sp³-hybridized carbons (Fsp3) is 0.250. The summed E-state index contributed by atoms with van der Waals surface area (Å²) in [6, 6.07) is 15.1. The normalized spacial score (nSPS) is 11.0. The summed E-state index contributed by atoms with van der Waals surface area (Å²) in [5, 5.41) is 2.88. The van der Waals surface area contributed by atoms with E-state index >= 15 is 0 Å². The number of anilines is 1. The van der Waals surface area contributed by atoms with Gasteiger partial charge in [0, 0.05) is 5.69 Å². The standard InChI is InChI=1S/C20H21N3O2/c1-13(2)15-7-6-8-16(11-15)22-19(24)12-23-18-10-5-4-9-17(18)21-14(3)20(23)25/h4-11,13H,12H2,1-3H3,(H,22,24). The van der Waals surface area contributed by atoms with Crippen molar-refractivity contribution in [1.29, 1.82) is 0 Å². The summed E-state index contributed by atoms with van der Waals surface area (Å²) in [6.07, 6.45) is 0. The number of benzene rings is 2. The Hall–Kier alpha value is -2.95. The Bertz CT molecular complexity index is 990. The van der Waals surface area contributed by atoms with Crippen molar-refractivity contribution < 1.29 is 4.79 Å². The molecule has 0 saturated heterocycles. The minimum Gasteiger partial charge on any atom is -0.325 e. The first-order chi connectivity index (χ1) is 12.0. The molecule has 1 N–H and O–H groups in total. The molecule has 1 aromatic heterocycles. The van der Waals surface area contributed by atoms with E-state index in [0.29, 0.717) is 22.6 Å². The van der Waals surface area contributed by atoms with Crippen molar-refractivity contribution in [3.63, 3.8) is 0 Å². The van der Waals surface area contributed by atoms with Gasteiger partial charge in [0.1, 0.15) is 12.2 Å². The monoisotopic (exact) mass is 335 g/mol. The number of aryl methyl sites for hydroxylation is 1. The van der Waals surface area contributed by atoms with Crippen LogP contribution in [0.2, 0.25) is 0 Å². The van der Waals surface area contributed by atoms with Gasteiger partial charge in [-0.1, -0.05) is 38.1 Å². The highest BCUT2D eigenvalue weighted by Crippen LogP contribution is 2.18. The second-order valence-corrected chi connectivity index (χ2v) is 6.41. The fourth-order valence-electron chi connectivity index (χ4n) is 2.80. The van der Waals surface area contributed by atoms with Crippen molar-refractivity contribution >= 4 is 22.6 Å². The molecule has 0 spiro atoms. The van der Waals surface area contributed by atoms with Crippen LogP contribution in [0.1, 0.15) is 31.0 Å². The molecule has 0 aliphatic rings. The van der Waals surface area contributed by atoms with Crippen LogP contribution in [0.4, 0.5) is 5.69 Å². The van der Waals surface area contributed by atoms with Crippen LogP contribution in [0.25, 0.3) is 11.0 Å². The van der Waals surface area contributed by atoms with Crippen molar-refractivity contribution in [3.8, 4) is 0 Å². The Kier molecular flexibility index (Phi) is 4.65. The number of nitrogens with zero attached hydrogens (tertiary/aromatic N) is 2. The Morgan fingerprint density at radius 3 is 2.68 bits per heavy atom. The SMILES string of the molecule is Cc1nc2ccccc2n(CC(=O)Nc2cccc(C(C)C)c2)c1=O. The minimum atomic E-state index is -0.246. The Balaban J connectivity index is 1.89. The van der Waals surface area contributed by atoms with Crippen LogP contribution in [0.5, 0.6) is 0 Å². The number of rotatable bonds is 4. The van der Waals surface area contributed by atoms with E-state index in [0.717, 1.165) is 11.3 Å². The quantitative estimate of drug-likeness (QED) is 0.794. The molecular weight excluding hydrogens is 314 g/mol. The molecule has 0 atom stereocenters. The molecule has 0 bridgehead atoms. The molecule has 0 aliphatic heterocycles. The number of fused-ring (bicyclic) bond motifs is 1. The lowest BCUT2D eigenvalue weighted by Gasteiger charge is -2.12. The third-order valence-electron chi connectivity index (χ3n) is 4.15. The van der Waals surface area contributed by atoms with E-state index in [1.165, 1.54) is 4.57 Å². The average molecular weight is 335 g/mol. The van der Waals surface area contributed by atoms with Crippen molar-refractivity contribution in [2.75, 3.05) is 5.32 Å². The van der Waals surface area contributed by atoms with Gasteiger partial charge in [-0.15, -0.1) is 0 Å². The molecule has 5 nitrogen and oxygen atoms in total. The predicted molar refractivity (Wildman–Crippen MR) is 99.9 cm³/mol. The number of carbonyl (C=O) groups is 1. The van der Waals surface area contributed by atoms with Gasteiger partial charge in [-0.2, -0.15) is 0 Å². The van der Waals surface area contributed by atoms with Crippen molar-refractivity contribution in [2.45, 2.75) is 33.2 Å². The summed E-state index contributed by atoms with van der Waals surface area (Å²) in [5.41, 5.74) is 3.39. The first-order valence-corrected chi connectivity index (χ1v) is 8.31. The third kappa shape index (κ3) is 3.60. The predicted octanol–water partition coefficient (Wildman–Crippen LogP) is 3.47. The summed E-state index contributed by atoms with van der Waals surface area (Å²) < 4.78 is 1.47. The van der Waals surface area contributed by atoms with Gasteiger partial charge < -0.3 is 5.32 Å². The summed E-state index contributed by atoms with van der Waals surface area (Å²) in [4.78, 5) is 29.2. The van der Waals surface area contributed by atoms with Crippen LogP contribution in [-0.2, 0) is 11.3 Å². The molecule has 128 valence electrons. The minimum absolute atomic E-state index is 0.0470. The maximum Gasteiger partial charge on any atom is 0.272 e. The van der Waals surface area contributed by atoms with Gasteiger partial charge in [0.25, 0.3) is 5.56 Å². The van der Waals surface area contributed by atoms with Crippen LogP contribution in [0.3, 0.4) is 0 Å². The number of aromatic nitrogens is 2. The van der Waals surface area contributed by atoms with Crippen LogP contribution < -0.4 is 10.9 Å². The average Bonchev–Trinajstić information content (AvgIpc) is 2.59. The van der Waals surface area contributed by atoms with Crippen molar-refractivity contribution in [3.05, 3.63) is 70.1 Å². The van der Waals surface area contributed by atoms with Gasteiger partial charge in [0.15, 0.2) is 0 Å². The molecule has 1 amide bonds. The summed E-state index contributed by atoms with van der Waals surface area (Å²) in [7, 11) is 0. The number of amides is 1. The molecule has 0 fully saturated rings. The zero-order valence-corrected chi connectivity index (χ0v) is 14.6. The van der Waals surface area contributed by atoms with Gasteiger partial charge in [-0.25, -0.2) is 4.98 Å². The highest BCUT2D eigenvalue weighted by molar-refractivity contribution is 5.91. The van der Waals surface area contributed by atoms with E-state index in [2.05, 4.69) is 24.1 Å². The number of hydrogen-bond donors (Lipinski definition) is 1. The van der Waals surface area contributed by atoms with E-state index in [4.69, 9.17) is 0 Å². The molecular formula is C20H21N3O2. The summed E-state index contributed by atoms with van der Waals surface area (Å²) in [6.45, 7) is 5.82. The Labute approximate surface area is 146 Å². The van der Waals surface area contributed by atoms with Crippen LogP contribution in [-0.4, -0.2) is 15.5 Å². The van der Waals surface area contributed by atoms with Crippen LogP contribution in [0, 0.1) is 6.92 Å². The number of hydrogen-bond acceptors (Lipinski definition) is 3. The zero-order chi connectivity index (χ0) is 18.0. The molecule has 0 saturated carbocycles. The molecule has 3 rings (SSSR count). The van der Waals surface area contributed by atoms with Crippen molar-refractivity contribution in [2.24, 2.45) is 0 Å². The maximum absolute atomic E-state index is 12.5. The lowest BCUT2D eigenvalue weighted by atomic mass is 10.0. The summed E-state index contributed by atoms with van der Waals surface area (Å²) >= 11 is 0. The number of nitrogens with one attached hydrogen (secondary N) is 1. The smallest absolute Gasteiger partial charge is 0.272 e. The highest BCUT2D eigenvalue weighted by Gasteiger charge is 2.12. The lowest BCUT2D eigenvalue weighted by molar-refractivity contribution is -0.116. The second kappa shape index (κ2) is 6.89. The van der Waals surface area contributed by atoms with E-state index in [1.54, 1.807) is 13.0 Å². The highest BCUT2D eigenvalue weighted by atomic mass is 16.2.